The zero-order chi connectivity index (χ0) is 14.6. The van der Waals surface area contributed by atoms with E-state index >= 15 is 0 Å². The van der Waals surface area contributed by atoms with Crippen molar-refractivity contribution in [1.29, 1.82) is 0 Å². The van der Waals surface area contributed by atoms with E-state index in [-0.39, 0.29) is 0 Å². The third kappa shape index (κ3) is 2.90. The Morgan fingerprint density at radius 3 is 2.90 bits per heavy atom. The summed E-state index contributed by atoms with van der Waals surface area (Å²) in [6.45, 7) is 5.30. The van der Waals surface area contributed by atoms with Gasteiger partial charge >= 0.3 is 5.97 Å². The predicted octanol–water partition coefficient (Wildman–Crippen LogP) is 2.43. The van der Waals surface area contributed by atoms with Crippen LogP contribution in [0.5, 0.6) is 0 Å². The highest BCUT2D eigenvalue weighted by molar-refractivity contribution is 9.10. The van der Waals surface area contributed by atoms with E-state index in [1.165, 1.54) is 0 Å². The van der Waals surface area contributed by atoms with Gasteiger partial charge in [-0.2, -0.15) is 0 Å². The quantitative estimate of drug-likeness (QED) is 0.883. The first-order valence-corrected chi connectivity index (χ1v) is 7.85. The summed E-state index contributed by atoms with van der Waals surface area (Å²) in [5.41, 5.74) is -0.0840. The number of halogens is 1. The number of rotatable bonds is 4. The lowest BCUT2D eigenvalue weighted by Gasteiger charge is -2.40. The predicted molar refractivity (Wildman–Crippen MR) is 82.8 cm³/mol. The van der Waals surface area contributed by atoms with Gasteiger partial charge in [-0.05, 0) is 37.1 Å². The molecule has 0 saturated carbocycles. The van der Waals surface area contributed by atoms with Crippen molar-refractivity contribution in [2.24, 2.45) is 0 Å². The van der Waals surface area contributed by atoms with Crippen molar-refractivity contribution in [1.82, 2.24) is 10.2 Å². The molecular formula is C15H21BrN2O2. The molecule has 1 aromatic rings. The lowest BCUT2D eigenvalue weighted by molar-refractivity contribution is -0.153. The molecule has 110 valence electrons. The first-order valence-electron chi connectivity index (χ1n) is 7.06. The molecule has 1 atom stereocenters. The monoisotopic (exact) mass is 340 g/mol. The summed E-state index contributed by atoms with van der Waals surface area (Å²) in [6, 6.07) is 7.68. The first kappa shape index (κ1) is 15.5. The van der Waals surface area contributed by atoms with E-state index in [0.717, 1.165) is 42.6 Å². The molecule has 1 heterocycles. The van der Waals surface area contributed by atoms with Crippen molar-refractivity contribution >= 4 is 21.9 Å². The first-order chi connectivity index (χ1) is 9.61. The normalized spacial score (nSPS) is 20.1. The number of benzene rings is 1. The topological polar surface area (TPSA) is 52.6 Å². The second-order valence-electron chi connectivity index (χ2n) is 5.12. The Hall–Kier alpha value is -0.910. The molecule has 0 aliphatic carbocycles. The van der Waals surface area contributed by atoms with E-state index in [0.29, 0.717) is 6.42 Å². The van der Waals surface area contributed by atoms with Crippen LogP contribution in [0.4, 0.5) is 0 Å². The van der Waals surface area contributed by atoms with Gasteiger partial charge in [0.1, 0.15) is 5.54 Å². The van der Waals surface area contributed by atoms with Gasteiger partial charge in [-0.3, -0.25) is 4.90 Å². The molecule has 5 heteroatoms. The van der Waals surface area contributed by atoms with Gasteiger partial charge in [0.05, 0.1) is 0 Å². The van der Waals surface area contributed by atoms with Crippen molar-refractivity contribution in [3.05, 3.63) is 34.3 Å². The Morgan fingerprint density at radius 2 is 2.25 bits per heavy atom. The molecular weight excluding hydrogens is 320 g/mol. The number of carboxylic acids is 1. The molecule has 20 heavy (non-hydrogen) atoms. The van der Waals surface area contributed by atoms with Crippen molar-refractivity contribution < 1.29 is 9.90 Å². The van der Waals surface area contributed by atoms with Crippen LogP contribution in [0.25, 0.3) is 0 Å². The molecule has 1 saturated heterocycles. The van der Waals surface area contributed by atoms with Gasteiger partial charge in [0.15, 0.2) is 0 Å². The van der Waals surface area contributed by atoms with Gasteiger partial charge in [-0.15, -0.1) is 0 Å². The van der Waals surface area contributed by atoms with Crippen LogP contribution < -0.4 is 5.32 Å². The van der Waals surface area contributed by atoms with Crippen molar-refractivity contribution in [3.8, 4) is 0 Å². The molecule has 0 radical (unpaired) electrons. The maximum atomic E-state index is 12.1. The molecule has 0 bridgehead atoms. The Labute approximate surface area is 128 Å². The lowest BCUT2D eigenvalue weighted by atomic mass is 9.85. The lowest BCUT2D eigenvalue weighted by Crippen LogP contribution is -2.52. The fourth-order valence-corrected chi connectivity index (χ4v) is 3.39. The van der Waals surface area contributed by atoms with Crippen LogP contribution in [0.15, 0.2) is 28.7 Å². The Morgan fingerprint density at radius 1 is 1.45 bits per heavy atom. The number of nitrogens with zero attached hydrogens (tertiary/aromatic N) is 1. The average molecular weight is 341 g/mol. The fraction of sp³-hybridized carbons (Fsp3) is 0.533. The minimum atomic E-state index is -0.935. The van der Waals surface area contributed by atoms with Gasteiger partial charge in [0.2, 0.25) is 0 Å². The summed E-state index contributed by atoms with van der Waals surface area (Å²) in [6.07, 6.45) is 1.53. The number of carbonyl (C=O) groups is 1. The second kappa shape index (κ2) is 6.70. The van der Waals surface area contributed by atoms with Crippen LogP contribution in [-0.2, 0) is 10.3 Å². The minimum absolute atomic E-state index is 0.554. The summed E-state index contributed by atoms with van der Waals surface area (Å²) in [5.74, 6) is -0.764. The third-order valence-electron chi connectivity index (χ3n) is 4.05. The standard InChI is InChI=1S/C15H21BrN2O2/c1-2-15(14(19)20,12-5-3-6-13(16)11-12)18-9-4-7-17-8-10-18/h3,5-6,11,17H,2,4,7-10H2,1H3,(H,19,20). The maximum absolute atomic E-state index is 12.1. The molecule has 2 rings (SSSR count). The highest BCUT2D eigenvalue weighted by atomic mass is 79.9. The summed E-state index contributed by atoms with van der Waals surface area (Å²) >= 11 is 3.45. The zero-order valence-electron chi connectivity index (χ0n) is 11.7. The third-order valence-corrected chi connectivity index (χ3v) is 4.54. The maximum Gasteiger partial charge on any atom is 0.328 e. The molecule has 0 aromatic heterocycles. The summed E-state index contributed by atoms with van der Waals surface area (Å²) in [4.78, 5) is 14.2. The van der Waals surface area contributed by atoms with E-state index in [1.54, 1.807) is 0 Å². The molecule has 1 aliphatic rings. The molecule has 0 spiro atoms. The van der Waals surface area contributed by atoms with Crippen LogP contribution >= 0.6 is 15.9 Å². The van der Waals surface area contributed by atoms with Gasteiger partial charge in [-0.1, -0.05) is 35.0 Å². The van der Waals surface area contributed by atoms with Crippen molar-refractivity contribution in [2.45, 2.75) is 25.3 Å². The minimum Gasteiger partial charge on any atom is -0.480 e. The van der Waals surface area contributed by atoms with Crippen LogP contribution in [-0.4, -0.2) is 42.2 Å². The molecule has 1 unspecified atom stereocenters. The molecule has 2 N–H and O–H groups in total. The number of hydrogen-bond donors (Lipinski definition) is 2. The van der Waals surface area contributed by atoms with E-state index in [4.69, 9.17) is 0 Å². The van der Waals surface area contributed by atoms with Gasteiger partial charge in [0, 0.05) is 24.1 Å². The van der Waals surface area contributed by atoms with Crippen molar-refractivity contribution in [2.75, 3.05) is 26.2 Å². The van der Waals surface area contributed by atoms with E-state index < -0.39 is 11.5 Å². The zero-order valence-corrected chi connectivity index (χ0v) is 13.3. The van der Waals surface area contributed by atoms with Gasteiger partial charge in [-0.25, -0.2) is 4.79 Å². The molecule has 1 aliphatic heterocycles. The highest BCUT2D eigenvalue weighted by Gasteiger charge is 2.44. The number of nitrogens with one attached hydrogen (secondary N) is 1. The number of aliphatic carboxylic acids is 1. The van der Waals surface area contributed by atoms with Gasteiger partial charge < -0.3 is 10.4 Å². The SMILES string of the molecule is CCC(C(=O)O)(c1cccc(Br)c1)N1CCCNCC1. The summed E-state index contributed by atoms with van der Waals surface area (Å²) in [5, 5.41) is 13.3. The number of hydrogen-bond acceptors (Lipinski definition) is 3. The molecule has 1 fully saturated rings. The van der Waals surface area contributed by atoms with E-state index in [9.17, 15) is 9.90 Å². The molecule has 1 aromatic carbocycles. The highest BCUT2D eigenvalue weighted by Crippen LogP contribution is 2.34. The van der Waals surface area contributed by atoms with Crippen LogP contribution in [0, 0.1) is 0 Å². The summed E-state index contributed by atoms with van der Waals surface area (Å²) in [7, 11) is 0. The van der Waals surface area contributed by atoms with E-state index in [2.05, 4.69) is 26.1 Å². The second-order valence-corrected chi connectivity index (χ2v) is 6.04. The fourth-order valence-electron chi connectivity index (χ4n) is 2.99. The van der Waals surface area contributed by atoms with Crippen LogP contribution in [0.2, 0.25) is 0 Å². The molecule has 0 amide bonds. The van der Waals surface area contributed by atoms with Crippen LogP contribution in [0.3, 0.4) is 0 Å². The summed E-state index contributed by atoms with van der Waals surface area (Å²) < 4.78 is 0.919. The largest absolute Gasteiger partial charge is 0.480 e. The average Bonchev–Trinajstić information content (AvgIpc) is 2.69. The van der Waals surface area contributed by atoms with Gasteiger partial charge in [0.25, 0.3) is 0 Å². The smallest absolute Gasteiger partial charge is 0.328 e. The Kier molecular flexibility index (Phi) is 5.18. The molecule has 4 nitrogen and oxygen atoms in total. The Balaban J connectivity index is 2.46. The van der Waals surface area contributed by atoms with E-state index in [1.807, 2.05) is 31.2 Å². The number of carboxylic acid groups (broad SMARTS) is 1. The van der Waals surface area contributed by atoms with Crippen LogP contribution in [0.1, 0.15) is 25.3 Å². The Bertz CT molecular complexity index is 473. The van der Waals surface area contributed by atoms with Crippen molar-refractivity contribution in [3.63, 3.8) is 0 Å².